The molecule has 1 fully saturated rings. The molecule has 1 saturated heterocycles. The largest absolute Gasteiger partial charge is 0.368 e. The Balaban J connectivity index is 1.83. The van der Waals surface area contributed by atoms with Crippen molar-refractivity contribution in [2.75, 3.05) is 11.9 Å². The number of nitrogens with one attached hydrogen (secondary N) is 1. The molecule has 3 heterocycles. The van der Waals surface area contributed by atoms with Crippen LogP contribution in [0.3, 0.4) is 0 Å². The van der Waals surface area contributed by atoms with Crippen LogP contribution in [0.5, 0.6) is 0 Å². The molecule has 1 aliphatic heterocycles. The van der Waals surface area contributed by atoms with E-state index in [-0.39, 0.29) is 12.1 Å². The number of nitriles is 1. The van der Waals surface area contributed by atoms with Crippen LogP contribution in [0.4, 0.5) is 5.95 Å². The normalized spacial score (nSPS) is 21.2. The third-order valence-corrected chi connectivity index (χ3v) is 3.49. The summed E-state index contributed by atoms with van der Waals surface area (Å²) >= 11 is 0. The van der Waals surface area contributed by atoms with Crippen molar-refractivity contribution < 1.29 is 4.74 Å². The van der Waals surface area contributed by atoms with Crippen LogP contribution in [0.1, 0.15) is 29.7 Å². The molecular weight excluding hydrogens is 268 g/mol. The molecule has 0 amide bonds. The molecule has 0 bridgehead atoms. The van der Waals surface area contributed by atoms with Gasteiger partial charge in [-0.2, -0.15) is 5.26 Å². The van der Waals surface area contributed by atoms with Gasteiger partial charge >= 0.3 is 0 Å². The van der Waals surface area contributed by atoms with E-state index in [4.69, 9.17) is 10.00 Å². The van der Waals surface area contributed by atoms with Gasteiger partial charge in [0.15, 0.2) is 0 Å². The van der Waals surface area contributed by atoms with E-state index in [0.717, 1.165) is 17.9 Å². The van der Waals surface area contributed by atoms with Crippen LogP contribution >= 0.6 is 0 Å². The van der Waals surface area contributed by atoms with E-state index in [0.29, 0.717) is 18.2 Å². The topological polar surface area (TPSA) is 88.6 Å². The average Bonchev–Trinajstić information content (AvgIpc) is 3.06. The molecule has 1 aliphatic rings. The van der Waals surface area contributed by atoms with Crippen molar-refractivity contribution in [2.24, 2.45) is 7.05 Å². The third kappa shape index (κ3) is 2.71. The monoisotopic (exact) mass is 284 g/mol. The lowest BCUT2D eigenvalue weighted by Gasteiger charge is -2.19. The van der Waals surface area contributed by atoms with Crippen LogP contribution in [-0.4, -0.2) is 32.2 Å². The number of hydrogen-bond acceptors (Lipinski definition) is 6. The van der Waals surface area contributed by atoms with Crippen LogP contribution in [0, 0.1) is 18.3 Å². The van der Waals surface area contributed by atoms with Crippen molar-refractivity contribution in [1.29, 1.82) is 5.26 Å². The zero-order chi connectivity index (χ0) is 14.8. The predicted octanol–water partition coefficient (Wildman–Crippen LogP) is 1.33. The Morgan fingerprint density at radius 1 is 1.48 bits per heavy atom. The smallest absolute Gasteiger partial charge is 0.224 e. The van der Waals surface area contributed by atoms with Crippen LogP contribution in [-0.2, 0) is 11.8 Å². The summed E-state index contributed by atoms with van der Waals surface area (Å²) in [6.07, 6.45) is 4.35. The summed E-state index contributed by atoms with van der Waals surface area (Å²) in [4.78, 5) is 12.9. The Hall–Kier alpha value is -2.46. The van der Waals surface area contributed by atoms with Gasteiger partial charge < -0.3 is 14.6 Å². The molecule has 21 heavy (non-hydrogen) atoms. The molecule has 2 aromatic heterocycles. The summed E-state index contributed by atoms with van der Waals surface area (Å²) in [5.41, 5.74) is 1.12. The molecule has 0 spiro atoms. The quantitative estimate of drug-likeness (QED) is 0.914. The summed E-state index contributed by atoms with van der Waals surface area (Å²) < 4.78 is 7.73. The second-order valence-corrected chi connectivity index (χ2v) is 5.06. The van der Waals surface area contributed by atoms with Crippen molar-refractivity contribution in [2.45, 2.75) is 25.5 Å². The molecule has 0 aliphatic carbocycles. The maximum Gasteiger partial charge on any atom is 0.224 e. The van der Waals surface area contributed by atoms with Crippen molar-refractivity contribution in [3.63, 3.8) is 0 Å². The first-order valence-electron chi connectivity index (χ1n) is 6.78. The van der Waals surface area contributed by atoms with Gasteiger partial charge in [0.1, 0.15) is 23.7 Å². The second kappa shape index (κ2) is 5.50. The molecule has 0 unspecified atom stereocenters. The van der Waals surface area contributed by atoms with E-state index in [1.165, 1.54) is 0 Å². The fraction of sp³-hybridized carbons (Fsp3) is 0.429. The minimum absolute atomic E-state index is 0.0412. The number of nitrogens with zero attached hydrogens (tertiary/aromatic N) is 5. The summed E-state index contributed by atoms with van der Waals surface area (Å²) in [7, 11) is 1.94. The van der Waals surface area contributed by atoms with Crippen molar-refractivity contribution in [1.82, 2.24) is 19.5 Å². The van der Waals surface area contributed by atoms with Gasteiger partial charge in [-0.3, -0.25) is 0 Å². The standard InChI is InChI=1S/C14H16N6O/c1-9-7-10(8-15)18-14(17-9)19-11-3-6-21-12(11)13-16-4-5-20(13)2/h4-5,7,11-12H,3,6H2,1-2H3,(H,17,18,19)/t11-,12-/m0/s1. The van der Waals surface area contributed by atoms with Crippen molar-refractivity contribution >= 4 is 5.95 Å². The summed E-state index contributed by atoms with van der Waals surface area (Å²) in [6, 6.07) is 3.74. The first-order chi connectivity index (χ1) is 10.2. The lowest BCUT2D eigenvalue weighted by atomic mass is 10.1. The van der Waals surface area contributed by atoms with E-state index >= 15 is 0 Å². The average molecular weight is 284 g/mol. The van der Waals surface area contributed by atoms with Crippen molar-refractivity contribution in [3.8, 4) is 6.07 Å². The maximum absolute atomic E-state index is 8.98. The lowest BCUT2D eigenvalue weighted by molar-refractivity contribution is 0.0982. The van der Waals surface area contributed by atoms with Gasteiger partial charge in [0.25, 0.3) is 0 Å². The fourth-order valence-electron chi connectivity index (χ4n) is 2.50. The highest BCUT2D eigenvalue weighted by Gasteiger charge is 2.33. The molecular formula is C14H16N6O. The van der Waals surface area contributed by atoms with Crippen LogP contribution < -0.4 is 5.32 Å². The zero-order valence-corrected chi connectivity index (χ0v) is 11.9. The van der Waals surface area contributed by atoms with Gasteiger partial charge in [0.05, 0.1) is 6.04 Å². The van der Waals surface area contributed by atoms with Gasteiger partial charge in [-0.15, -0.1) is 0 Å². The molecule has 0 saturated carbocycles. The number of aromatic nitrogens is 4. The van der Waals surface area contributed by atoms with E-state index in [2.05, 4.69) is 20.3 Å². The molecule has 7 nitrogen and oxygen atoms in total. The summed E-state index contributed by atoms with van der Waals surface area (Å²) in [5, 5.41) is 12.3. The second-order valence-electron chi connectivity index (χ2n) is 5.06. The number of hydrogen-bond donors (Lipinski definition) is 1. The van der Waals surface area contributed by atoms with E-state index in [9.17, 15) is 0 Å². The molecule has 108 valence electrons. The van der Waals surface area contributed by atoms with Crippen LogP contribution in [0.15, 0.2) is 18.5 Å². The maximum atomic E-state index is 8.98. The first-order valence-corrected chi connectivity index (χ1v) is 6.78. The number of ether oxygens (including phenoxy) is 1. The van der Waals surface area contributed by atoms with Gasteiger partial charge in [-0.25, -0.2) is 15.0 Å². The van der Waals surface area contributed by atoms with Gasteiger partial charge in [0, 0.05) is 31.7 Å². The first kappa shape index (κ1) is 13.5. The number of anilines is 1. The highest BCUT2D eigenvalue weighted by Crippen LogP contribution is 2.29. The molecule has 7 heteroatoms. The van der Waals surface area contributed by atoms with E-state index in [1.54, 1.807) is 12.3 Å². The summed E-state index contributed by atoms with van der Waals surface area (Å²) in [6.45, 7) is 2.50. The highest BCUT2D eigenvalue weighted by atomic mass is 16.5. The Morgan fingerprint density at radius 2 is 2.33 bits per heavy atom. The Kier molecular flexibility index (Phi) is 3.54. The third-order valence-electron chi connectivity index (χ3n) is 3.49. The highest BCUT2D eigenvalue weighted by molar-refractivity contribution is 5.34. The lowest BCUT2D eigenvalue weighted by Crippen LogP contribution is -2.26. The van der Waals surface area contributed by atoms with Gasteiger partial charge in [-0.1, -0.05) is 0 Å². The molecule has 2 atom stereocenters. The molecule has 3 rings (SSSR count). The molecule has 2 aromatic rings. The van der Waals surface area contributed by atoms with Crippen LogP contribution in [0.2, 0.25) is 0 Å². The zero-order valence-electron chi connectivity index (χ0n) is 11.9. The fourth-order valence-corrected chi connectivity index (χ4v) is 2.50. The number of aryl methyl sites for hydroxylation is 2. The summed E-state index contributed by atoms with van der Waals surface area (Å²) in [5.74, 6) is 1.33. The molecule has 0 radical (unpaired) electrons. The number of rotatable bonds is 3. The Morgan fingerprint density at radius 3 is 3.05 bits per heavy atom. The van der Waals surface area contributed by atoms with Gasteiger partial charge in [0.2, 0.25) is 5.95 Å². The number of imidazole rings is 1. The predicted molar refractivity (Wildman–Crippen MR) is 75.4 cm³/mol. The minimum atomic E-state index is -0.139. The Labute approximate surface area is 122 Å². The minimum Gasteiger partial charge on any atom is -0.368 e. The van der Waals surface area contributed by atoms with E-state index < -0.39 is 0 Å². The molecule has 1 N–H and O–H groups in total. The van der Waals surface area contributed by atoms with Crippen molar-refractivity contribution in [3.05, 3.63) is 35.7 Å². The van der Waals surface area contributed by atoms with Crippen LogP contribution in [0.25, 0.3) is 0 Å². The Bertz CT molecular complexity index is 689. The van der Waals surface area contributed by atoms with Gasteiger partial charge in [-0.05, 0) is 19.4 Å². The van der Waals surface area contributed by atoms with E-state index in [1.807, 2.05) is 30.8 Å². The SMILES string of the molecule is Cc1cc(C#N)nc(N[C@H]2CCO[C@@H]2c2nccn2C)n1. The molecule has 0 aromatic carbocycles.